The van der Waals surface area contributed by atoms with Gasteiger partial charge in [-0.3, -0.25) is 9.78 Å². The second-order valence-electron chi connectivity index (χ2n) is 3.71. The minimum absolute atomic E-state index is 0.250. The van der Waals surface area contributed by atoms with Crippen molar-refractivity contribution in [1.82, 2.24) is 4.98 Å². The Labute approximate surface area is 123 Å². The minimum atomic E-state index is -2.47. The molecule has 1 amide bonds. The third kappa shape index (κ3) is 3.91. The zero-order valence-corrected chi connectivity index (χ0v) is 11.6. The average Bonchev–Trinajstić information content (AvgIpc) is 2.41. The van der Waals surface area contributed by atoms with Gasteiger partial charge in [0.15, 0.2) is 0 Å². The maximum atomic E-state index is 12.2. The van der Waals surface area contributed by atoms with Crippen molar-refractivity contribution >= 4 is 35.0 Å². The van der Waals surface area contributed by atoms with Crippen molar-refractivity contribution in [3.05, 3.63) is 53.3 Å². The van der Waals surface area contributed by atoms with Crippen molar-refractivity contribution < 1.29 is 13.6 Å². The van der Waals surface area contributed by atoms with Crippen LogP contribution in [0.5, 0.6) is 0 Å². The predicted octanol–water partition coefficient (Wildman–Crippen LogP) is 4.30. The topological polar surface area (TPSA) is 42.0 Å². The Morgan fingerprint density at radius 2 is 1.95 bits per heavy atom. The number of hydrogen-bond donors (Lipinski definition) is 1. The maximum Gasteiger partial charge on any atom is 0.288 e. The van der Waals surface area contributed by atoms with Crippen LogP contribution in [-0.4, -0.2) is 16.6 Å². The van der Waals surface area contributed by atoms with Gasteiger partial charge in [-0.05, 0) is 30.3 Å². The summed E-state index contributed by atoms with van der Waals surface area (Å²) in [7, 11) is 0. The highest BCUT2D eigenvalue weighted by molar-refractivity contribution is 7.99. The van der Waals surface area contributed by atoms with Crippen LogP contribution in [0.4, 0.5) is 14.5 Å². The number of carbonyl (C=O) groups excluding carboxylic acids is 1. The van der Waals surface area contributed by atoms with Crippen LogP contribution in [0.15, 0.2) is 47.6 Å². The Morgan fingerprint density at radius 1 is 1.25 bits per heavy atom. The van der Waals surface area contributed by atoms with Gasteiger partial charge >= 0.3 is 0 Å². The number of alkyl halides is 2. The number of aromatic nitrogens is 1. The minimum Gasteiger partial charge on any atom is -0.322 e. The van der Waals surface area contributed by atoms with Crippen LogP contribution in [0.25, 0.3) is 0 Å². The first kappa shape index (κ1) is 14.7. The van der Waals surface area contributed by atoms with E-state index in [1.165, 1.54) is 30.6 Å². The number of hydrogen-bond acceptors (Lipinski definition) is 3. The molecular weight excluding hydrogens is 306 g/mol. The van der Waals surface area contributed by atoms with Crippen LogP contribution in [-0.2, 0) is 0 Å². The third-order valence-corrected chi connectivity index (χ3v) is 3.40. The molecule has 1 N–H and O–H groups in total. The number of halogens is 3. The molecule has 1 aromatic heterocycles. The maximum absolute atomic E-state index is 12.2. The molecule has 0 saturated carbocycles. The molecule has 104 valence electrons. The Morgan fingerprint density at radius 3 is 2.55 bits per heavy atom. The summed E-state index contributed by atoms with van der Waals surface area (Å²) in [5, 5.41) is 2.91. The molecule has 0 saturated heterocycles. The van der Waals surface area contributed by atoms with E-state index in [0.29, 0.717) is 27.4 Å². The smallest absolute Gasteiger partial charge is 0.288 e. The van der Waals surface area contributed by atoms with E-state index in [1.54, 1.807) is 12.1 Å². The van der Waals surface area contributed by atoms with Crippen molar-refractivity contribution in [2.24, 2.45) is 0 Å². The Kier molecular flexibility index (Phi) is 4.92. The SMILES string of the molecule is O=C(Nc1ccc(SC(F)F)cc1)c1cnccc1Cl. The molecule has 2 aromatic rings. The largest absolute Gasteiger partial charge is 0.322 e. The molecule has 0 aliphatic rings. The lowest BCUT2D eigenvalue weighted by atomic mass is 10.2. The van der Waals surface area contributed by atoms with E-state index < -0.39 is 11.7 Å². The summed E-state index contributed by atoms with van der Waals surface area (Å²) < 4.78 is 24.3. The molecule has 0 bridgehead atoms. The highest BCUT2D eigenvalue weighted by Crippen LogP contribution is 2.26. The monoisotopic (exact) mass is 314 g/mol. The van der Waals surface area contributed by atoms with Gasteiger partial charge < -0.3 is 5.32 Å². The van der Waals surface area contributed by atoms with Crippen molar-refractivity contribution in [2.75, 3.05) is 5.32 Å². The van der Waals surface area contributed by atoms with Gasteiger partial charge in [-0.15, -0.1) is 0 Å². The summed E-state index contributed by atoms with van der Waals surface area (Å²) in [4.78, 5) is 16.2. The molecule has 1 heterocycles. The van der Waals surface area contributed by atoms with Crippen LogP contribution in [0.3, 0.4) is 0 Å². The Hall–Kier alpha value is -1.66. The highest BCUT2D eigenvalue weighted by atomic mass is 35.5. The molecule has 3 nitrogen and oxygen atoms in total. The fourth-order valence-electron chi connectivity index (χ4n) is 1.46. The van der Waals surface area contributed by atoms with E-state index >= 15 is 0 Å². The summed E-state index contributed by atoms with van der Waals surface area (Å²) in [5.41, 5.74) is 0.744. The van der Waals surface area contributed by atoms with Crippen molar-refractivity contribution in [1.29, 1.82) is 0 Å². The van der Waals surface area contributed by atoms with Crippen LogP contribution >= 0.6 is 23.4 Å². The fourth-order valence-corrected chi connectivity index (χ4v) is 2.15. The van der Waals surface area contributed by atoms with Crippen LogP contribution < -0.4 is 5.32 Å². The van der Waals surface area contributed by atoms with Gasteiger partial charge in [-0.1, -0.05) is 23.4 Å². The number of anilines is 1. The van der Waals surface area contributed by atoms with Gasteiger partial charge in [0, 0.05) is 23.0 Å². The van der Waals surface area contributed by atoms with Gasteiger partial charge in [0.05, 0.1) is 10.6 Å². The molecule has 2 rings (SSSR count). The Bertz CT molecular complexity index is 608. The van der Waals surface area contributed by atoms with E-state index in [9.17, 15) is 13.6 Å². The van der Waals surface area contributed by atoms with E-state index in [2.05, 4.69) is 10.3 Å². The lowest BCUT2D eigenvalue weighted by Gasteiger charge is -2.07. The first-order valence-electron chi connectivity index (χ1n) is 5.52. The second kappa shape index (κ2) is 6.67. The number of nitrogens with zero attached hydrogens (tertiary/aromatic N) is 1. The third-order valence-electron chi connectivity index (χ3n) is 2.35. The number of nitrogens with one attached hydrogen (secondary N) is 1. The molecule has 0 aliphatic carbocycles. The summed E-state index contributed by atoms with van der Waals surface area (Å²) in [5.74, 6) is -2.87. The summed E-state index contributed by atoms with van der Waals surface area (Å²) >= 11 is 6.33. The number of amides is 1. The van der Waals surface area contributed by atoms with E-state index in [4.69, 9.17) is 11.6 Å². The molecule has 20 heavy (non-hydrogen) atoms. The molecule has 0 atom stereocenters. The van der Waals surface area contributed by atoms with E-state index in [-0.39, 0.29) is 5.56 Å². The summed E-state index contributed by atoms with van der Waals surface area (Å²) in [6.07, 6.45) is 2.84. The van der Waals surface area contributed by atoms with Gasteiger partial charge in [-0.2, -0.15) is 8.78 Å². The van der Waals surface area contributed by atoms with Gasteiger partial charge in [0.1, 0.15) is 0 Å². The average molecular weight is 315 g/mol. The van der Waals surface area contributed by atoms with E-state index in [1.807, 2.05) is 0 Å². The number of pyridine rings is 1. The summed E-state index contributed by atoms with van der Waals surface area (Å²) in [6, 6.07) is 7.63. The molecule has 0 spiro atoms. The zero-order valence-electron chi connectivity index (χ0n) is 10.0. The van der Waals surface area contributed by atoms with Crippen LogP contribution in [0.1, 0.15) is 10.4 Å². The number of benzene rings is 1. The second-order valence-corrected chi connectivity index (χ2v) is 5.18. The highest BCUT2D eigenvalue weighted by Gasteiger charge is 2.11. The van der Waals surface area contributed by atoms with Crippen molar-refractivity contribution in [2.45, 2.75) is 10.7 Å². The van der Waals surface area contributed by atoms with E-state index in [0.717, 1.165) is 0 Å². The normalized spacial score (nSPS) is 10.6. The van der Waals surface area contributed by atoms with Crippen LogP contribution in [0.2, 0.25) is 5.02 Å². The standard InChI is InChI=1S/C13H9ClF2N2OS/c14-11-5-6-17-7-10(11)12(19)18-8-1-3-9(4-2-8)20-13(15)16/h1-7,13H,(H,18,19). The number of thioether (sulfide) groups is 1. The van der Waals surface area contributed by atoms with Gasteiger partial charge in [0.2, 0.25) is 0 Å². The first-order chi connectivity index (χ1) is 9.56. The van der Waals surface area contributed by atoms with Crippen LogP contribution in [0, 0.1) is 0 Å². The molecular formula is C13H9ClF2N2OS. The lowest BCUT2D eigenvalue weighted by molar-refractivity contribution is 0.102. The molecule has 0 aliphatic heterocycles. The van der Waals surface area contributed by atoms with Gasteiger partial charge in [0.25, 0.3) is 11.7 Å². The molecule has 0 radical (unpaired) electrons. The predicted molar refractivity (Wildman–Crippen MR) is 75.5 cm³/mol. The quantitative estimate of drug-likeness (QED) is 0.855. The molecule has 0 fully saturated rings. The fraction of sp³-hybridized carbons (Fsp3) is 0.0769. The number of rotatable bonds is 4. The van der Waals surface area contributed by atoms with Crippen molar-refractivity contribution in [3.63, 3.8) is 0 Å². The number of carbonyl (C=O) groups is 1. The van der Waals surface area contributed by atoms with Gasteiger partial charge in [-0.25, -0.2) is 0 Å². The Balaban J connectivity index is 2.07. The summed E-state index contributed by atoms with van der Waals surface area (Å²) in [6.45, 7) is 0. The van der Waals surface area contributed by atoms with Crippen molar-refractivity contribution in [3.8, 4) is 0 Å². The molecule has 1 aromatic carbocycles. The first-order valence-corrected chi connectivity index (χ1v) is 6.78. The molecule has 7 heteroatoms. The molecule has 0 unspecified atom stereocenters. The lowest BCUT2D eigenvalue weighted by Crippen LogP contribution is -2.12. The zero-order chi connectivity index (χ0) is 14.5.